The molecule has 1 aromatic rings. The fourth-order valence-corrected chi connectivity index (χ4v) is 1.29. The molecule has 80 valence electrons. The Morgan fingerprint density at radius 2 is 2.12 bits per heavy atom. The second kappa shape index (κ2) is 4.82. The lowest BCUT2D eigenvalue weighted by Crippen LogP contribution is -2.10. The molecule has 0 aliphatic rings. The molecule has 0 spiro atoms. The fourth-order valence-electron chi connectivity index (χ4n) is 1.29. The summed E-state index contributed by atoms with van der Waals surface area (Å²) in [5, 5.41) is 30.2. The van der Waals surface area contributed by atoms with Gasteiger partial charge in [0.1, 0.15) is 17.5 Å². The molecule has 2 N–H and O–H groups in total. The Labute approximate surface area is 93.1 Å². The highest BCUT2D eigenvalue weighted by Crippen LogP contribution is 2.17. The maximum Gasteiger partial charge on any atom is 0.140 e. The predicted octanol–water partition coefficient (Wildman–Crippen LogP) is 0.563. The smallest absolute Gasteiger partial charge is 0.140 e. The molecule has 0 aliphatic carbocycles. The summed E-state index contributed by atoms with van der Waals surface area (Å²) in [5.74, 6) is -0.0291. The van der Waals surface area contributed by atoms with Crippen LogP contribution in [0.2, 0.25) is 0 Å². The summed E-state index contributed by atoms with van der Waals surface area (Å²) in [6.07, 6.45) is 0.0427. The van der Waals surface area contributed by atoms with Crippen molar-refractivity contribution in [2.45, 2.75) is 19.9 Å². The SMILES string of the molecule is CC(C#N)Cn1nc(CC#N)c(C#N)c1N. The van der Waals surface area contributed by atoms with Crippen LogP contribution in [0.3, 0.4) is 0 Å². The van der Waals surface area contributed by atoms with Crippen LogP contribution in [0.25, 0.3) is 0 Å². The van der Waals surface area contributed by atoms with E-state index >= 15 is 0 Å². The zero-order valence-corrected chi connectivity index (χ0v) is 8.80. The molecule has 1 aromatic heterocycles. The van der Waals surface area contributed by atoms with Gasteiger partial charge in [-0.25, -0.2) is 4.68 Å². The standard InChI is InChI=1S/C10H10N6/c1-7(4-12)6-16-10(14)8(5-13)9(15-16)2-3-11/h7H,2,6,14H2,1H3. The zero-order valence-electron chi connectivity index (χ0n) is 8.80. The molecular formula is C10H10N6. The number of nitriles is 3. The number of nitrogens with two attached hydrogens (primary N) is 1. The van der Waals surface area contributed by atoms with Crippen molar-refractivity contribution in [1.82, 2.24) is 9.78 Å². The summed E-state index contributed by atoms with van der Waals surface area (Å²) >= 11 is 0. The Hall–Kier alpha value is -2.52. The summed E-state index contributed by atoms with van der Waals surface area (Å²) in [6.45, 7) is 2.06. The Bertz CT molecular complexity index is 507. The molecule has 1 atom stereocenters. The van der Waals surface area contributed by atoms with Gasteiger partial charge >= 0.3 is 0 Å². The molecule has 0 radical (unpaired) electrons. The van der Waals surface area contributed by atoms with Crippen molar-refractivity contribution < 1.29 is 0 Å². The van der Waals surface area contributed by atoms with Crippen LogP contribution < -0.4 is 5.73 Å². The van der Waals surface area contributed by atoms with Gasteiger partial charge in [-0.3, -0.25) is 0 Å². The molecular weight excluding hydrogens is 204 g/mol. The lowest BCUT2D eigenvalue weighted by atomic mass is 10.2. The van der Waals surface area contributed by atoms with Gasteiger partial charge in [-0.15, -0.1) is 0 Å². The molecule has 0 saturated carbocycles. The number of nitrogens with zero attached hydrogens (tertiary/aromatic N) is 5. The van der Waals surface area contributed by atoms with Crippen LogP contribution in [0.1, 0.15) is 18.2 Å². The summed E-state index contributed by atoms with van der Waals surface area (Å²) in [7, 11) is 0. The predicted molar refractivity (Wildman–Crippen MR) is 55.4 cm³/mol. The minimum absolute atomic E-state index is 0.0427. The van der Waals surface area contributed by atoms with E-state index in [0.717, 1.165) is 0 Å². The van der Waals surface area contributed by atoms with Gasteiger partial charge in [-0.2, -0.15) is 20.9 Å². The van der Waals surface area contributed by atoms with Crippen LogP contribution in [0.5, 0.6) is 0 Å². The lowest BCUT2D eigenvalue weighted by Gasteiger charge is -2.04. The quantitative estimate of drug-likeness (QED) is 0.789. The third kappa shape index (κ3) is 2.10. The van der Waals surface area contributed by atoms with E-state index in [1.165, 1.54) is 4.68 Å². The normalized spacial score (nSPS) is 11.1. The topological polar surface area (TPSA) is 115 Å². The van der Waals surface area contributed by atoms with Gasteiger partial charge in [0.05, 0.1) is 36.7 Å². The molecule has 6 nitrogen and oxygen atoms in total. The Morgan fingerprint density at radius 1 is 1.44 bits per heavy atom. The molecule has 0 bridgehead atoms. The Balaban J connectivity index is 3.10. The lowest BCUT2D eigenvalue weighted by molar-refractivity contribution is 0.531. The second-order valence-corrected chi connectivity index (χ2v) is 3.37. The average molecular weight is 214 g/mol. The molecule has 0 aromatic carbocycles. The molecule has 6 heteroatoms. The van der Waals surface area contributed by atoms with Gasteiger partial charge in [-0.1, -0.05) is 0 Å². The van der Waals surface area contributed by atoms with Crippen molar-refractivity contribution in [3.05, 3.63) is 11.3 Å². The van der Waals surface area contributed by atoms with Crippen molar-refractivity contribution >= 4 is 5.82 Å². The van der Waals surface area contributed by atoms with Crippen LogP contribution in [0.4, 0.5) is 5.82 Å². The van der Waals surface area contributed by atoms with Gasteiger partial charge in [0, 0.05) is 0 Å². The van der Waals surface area contributed by atoms with E-state index in [1.54, 1.807) is 6.92 Å². The first-order valence-electron chi connectivity index (χ1n) is 4.65. The van der Waals surface area contributed by atoms with Crippen molar-refractivity contribution in [2.75, 3.05) is 5.73 Å². The first-order valence-corrected chi connectivity index (χ1v) is 4.65. The highest BCUT2D eigenvalue weighted by molar-refractivity contribution is 5.52. The van der Waals surface area contributed by atoms with Gasteiger partial charge in [0.15, 0.2) is 0 Å². The number of aromatic nitrogens is 2. The fraction of sp³-hybridized carbons (Fsp3) is 0.400. The number of hydrogen-bond donors (Lipinski definition) is 1. The van der Waals surface area contributed by atoms with E-state index in [4.69, 9.17) is 21.5 Å². The van der Waals surface area contributed by atoms with Crippen molar-refractivity contribution in [2.24, 2.45) is 5.92 Å². The molecule has 0 amide bonds. The zero-order chi connectivity index (χ0) is 12.1. The summed E-state index contributed by atoms with van der Waals surface area (Å²) in [5.41, 5.74) is 6.30. The van der Waals surface area contributed by atoms with Crippen LogP contribution in [0.15, 0.2) is 0 Å². The third-order valence-electron chi connectivity index (χ3n) is 2.09. The molecule has 1 rings (SSSR count). The van der Waals surface area contributed by atoms with Crippen LogP contribution in [-0.4, -0.2) is 9.78 Å². The van der Waals surface area contributed by atoms with Gasteiger partial charge in [0.2, 0.25) is 0 Å². The third-order valence-corrected chi connectivity index (χ3v) is 2.09. The van der Waals surface area contributed by atoms with Crippen LogP contribution >= 0.6 is 0 Å². The minimum Gasteiger partial charge on any atom is -0.383 e. The molecule has 0 fully saturated rings. The monoisotopic (exact) mass is 214 g/mol. The highest BCUT2D eigenvalue weighted by Gasteiger charge is 2.16. The van der Waals surface area contributed by atoms with E-state index in [2.05, 4.69) is 11.2 Å². The molecule has 0 saturated heterocycles. The van der Waals surface area contributed by atoms with Gasteiger partial charge in [0.25, 0.3) is 0 Å². The molecule has 16 heavy (non-hydrogen) atoms. The van der Waals surface area contributed by atoms with Crippen molar-refractivity contribution in [3.63, 3.8) is 0 Å². The average Bonchev–Trinajstić information content (AvgIpc) is 2.56. The van der Waals surface area contributed by atoms with Crippen molar-refractivity contribution in [3.8, 4) is 18.2 Å². The number of rotatable bonds is 3. The molecule has 1 heterocycles. The van der Waals surface area contributed by atoms with E-state index < -0.39 is 0 Å². The van der Waals surface area contributed by atoms with E-state index in [-0.39, 0.29) is 23.7 Å². The maximum atomic E-state index is 8.87. The minimum atomic E-state index is -0.247. The Morgan fingerprint density at radius 3 is 2.62 bits per heavy atom. The highest BCUT2D eigenvalue weighted by atomic mass is 15.3. The van der Waals surface area contributed by atoms with Crippen LogP contribution in [-0.2, 0) is 13.0 Å². The number of nitrogen functional groups attached to an aromatic ring is 1. The maximum absolute atomic E-state index is 8.87. The Kier molecular flexibility index (Phi) is 3.48. The first-order chi connectivity index (χ1) is 7.63. The van der Waals surface area contributed by atoms with Crippen molar-refractivity contribution in [1.29, 1.82) is 15.8 Å². The first kappa shape index (κ1) is 11.6. The van der Waals surface area contributed by atoms with E-state index in [1.807, 2.05) is 12.1 Å². The largest absolute Gasteiger partial charge is 0.383 e. The number of hydrogen-bond acceptors (Lipinski definition) is 5. The van der Waals surface area contributed by atoms with E-state index in [9.17, 15) is 0 Å². The summed E-state index contributed by atoms with van der Waals surface area (Å²) < 4.78 is 1.40. The van der Waals surface area contributed by atoms with Gasteiger partial charge < -0.3 is 5.73 Å². The van der Waals surface area contributed by atoms with Crippen LogP contribution in [0, 0.1) is 39.9 Å². The summed E-state index contributed by atoms with van der Waals surface area (Å²) in [6, 6.07) is 5.89. The summed E-state index contributed by atoms with van der Waals surface area (Å²) in [4.78, 5) is 0. The molecule has 0 aliphatic heterocycles. The number of anilines is 1. The van der Waals surface area contributed by atoms with Gasteiger partial charge in [-0.05, 0) is 6.92 Å². The second-order valence-electron chi connectivity index (χ2n) is 3.37. The van der Waals surface area contributed by atoms with E-state index in [0.29, 0.717) is 12.2 Å². The molecule has 1 unspecified atom stereocenters.